The van der Waals surface area contributed by atoms with Gasteiger partial charge in [0.1, 0.15) is 5.75 Å². The molecule has 0 radical (unpaired) electrons. The Hall–Kier alpha value is -4.60. The fourth-order valence-corrected chi connectivity index (χ4v) is 4.57. The summed E-state index contributed by atoms with van der Waals surface area (Å²) in [5.41, 5.74) is 2.28. The molecule has 0 saturated carbocycles. The molecule has 3 aromatic carbocycles. The Morgan fingerprint density at radius 3 is 2.33 bits per heavy atom. The first-order valence-corrected chi connectivity index (χ1v) is 13.9. The molecule has 0 aliphatic carbocycles. The fraction of sp³-hybridized carbons (Fsp3) is 0.273. The molecule has 2 amide bonds. The smallest absolute Gasteiger partial charge is 0.252 e. The van der Waals surface area contributed by atoms with Gasteiger partial charge in [0.15, 0.2) is 0 Å². The van der Waals surface area contributed by atoms with Gasteiger partial charge in [-0.1, -0.05) is 48.5 Å². The zero-order chi connectivity index (χ0) is 29.8. The van der Waals surface area contributed by atoms with Crippen LogP contribution in [0.4, 0.5) is 0 Å². The molecule has 9 heteroatoms. The summed E-state index contributed by atoms with van der Waals surface area (Å²) in [7, 11) is 1.64. The van der Waals surface area contributed by atoms with Crippen LogP contribution in [0.1, 0.15) is 44.5 Å². The standard InChI is InChI=1S/C33H37N5O4/c1-33(27-9-4-3-5-10-27,30(39)23-34-17-15-24-11-13-29(42-2)14-12-24)38-32(41)26-8-6-7-25(21-26)31(40)37-18-16-28-22-35-19-20-36-28/h3-14,19-22,30,34,39H,15-18,23H2,1-2H3,(H,37,40)(H,38,41)/t30-,33+/m1/s1. The molecule has 0 aliphatic rings. The van der Waals surface area contributed by atoms with Crippen LogP contribution in [0.25, 0.3) is 0 Å². The molecule has 218 valence electrons. The van der Waals surface area contributed by atoms with Gasteiger partial charge in [0.2, 0.25) is 0 Å². The zero-order valence-electron chi connectivity index (χ0n) is 23.9. The maximum atomic E-state index is 13.5. The fourth-order valence-electron chi connectivity index (χ4n) is 4.57. The summed E-state index contributed by atoms with van der Waals surface area (Å²) in [6.07, 6.45) is 5.25. The third-order valence-corrected chi connectivity index (χ3v) is 7.17. The Morgan fingerprint density at radius 1 is 0.905 bits per heavy atom. The van der Waals surface area contributed by atoms with E-state index in [-0.39, 0.29) is 12.5 Å². The molecule has 2 atom stereocenters. The molecule has 0 saturated heterocycles. The van der Waals surface area contributed by atoms with Crippen molar-refractivity contribution in [1.82, 2.24) is 25.9 Å². The predicted octanol–water partition coefficient (Wildman–Crippen LogP) is 3.30. The van der Waals surface area contributed by atoms with Gasteiger partial charge in [-0.2, -0.15) is 0 Å². The average Bonchev–Trinajstić information content (AvgIpc) is 3.04. The van der Waals surface area contributed by atoms with Gasteiger partial charge in [-0.15, -0.1) is 0 Å². The largest absolute Gasteiger partial charge is 0.497 e. The van der Waals surface area contributed by atoms with Crippen molar-refractivity contribution >= 4 is 11.8 Å². The van der Waals surface area contributed by atoms with E-state index < -0.39 is 17.6 Å². The second kappa shape index (κ2) is 14.9. The molecule has 4 N–H and O–H groups in total. The average molecular weight is 568 g/mol. The Labute approximate surface area is 246 Å². The summed E-state index contributed by atoms with van der Waals surface area (Å²) in [6.45, 7) is 3.10. The number of carbonyl (C=O) groups is 2. The number of carbonyl (C=O) groups excluding carboxylic acids is 2. The summed E-state index contributed by atoms with van der Waals surface area (Å²) in [4.78, 5) is 34.5. The summed E-state index contributed by atoms with van der Waals surface area (Å²) in [6, 6.07) is 23.8. The number of aliphatic hydroxyl groups excluding tert-OH is 1. The Morgan fingerprint density at radius 2 is 1.64 bits per heavy atom. The van der Waals surface area contributed by atoms with Crippen LogP contribution in [0, 0.1) is 0 Å². The van der Waals surface area contributed by atoms with Crippen LogP contribution in [0.5, 0.6) is 5.75 Å². The highest BCUT2D eigenvalue weighted by atomic mass is 16.5. The van der Waals surface area contributed by atoms with E-state index in [1.54, 1.807) is 56.9 Å². The van der Waals surface area contributed by atoms with Gasteiger partial charge >= 0.3 is 0 Å². The van der Waals surface area contributed by atoms with Crippen molar-refractivity contribution in [3.8, 4) is 5.75 Å². The van der Waals surface area contributed by atoms with E-state index in [0.29, 0.717) is 30.6 Å². The lowest BCUT2D eigenvalue weighted by molar-refractivity contribution is 0.0557. The van der Waals surface area contributed by atoms with Crippen molar-refractivity contribution in [3.05, 3.63) is 125 Å². The second-order valence-electron chi connectivity index (χ2n) is 10.1. The SMILES string of the molecule is COc1ccc(CCNC[C@@H](O)[C@@](C)(NC(=O)c2cccc(C(=O)NCCc3cnccn3)c2)c2ccccc2)cc1. The first kappa shape index (κ1) is 30.4. The highest BCUT2D eigenvalue weighted by Crippen LogP contribution is 2.26. The van der Waals surface area contributed by atoms with Gasteiger partial charge in [0.25, 0.3) is 11.8 Å². The summed E-state index contributed by atoms with van der Waals surface area (Å²) in [5, 5.41) is 20.6. The molecule has 0 aliphatic heterocycles. The summed E-state index contributed by atoms with van der Waals surface area (Å²) >= 11 is 0. The highest BCUT2D eigenvalue weighted by Gasteiger charge is 2.36. The number of amides is 2. The molecule has 0 fully saturated rings. The number of nitrogens with zero attached hydrogens (tertiary/aromatic N) is 2. The van der Waals surface area contributed by atoms with E-state index in [1.807, 2.05) is 54.6 Å². The summed E-state index contributed by atoms with van der Waals surface area (Å²) in [5.74, 6) is 0.120. The molecule has 1 aromatic heterocycles. The third-order valence-electron chi connectivity index (χ3n) is 7.17. The van der Waals surface area contributed by atoms with Crippen LogP contribution in [0.3, 0.4) is 0 Å². The lowest BCUT2D eigenvalue weighted by atomic mass is 9.85. The summed E-state index contributed by atoms with van der Waals surface area (Å²) < 4.78 is 5.21. The molecule has 0 bridgehead atoms. The first-order chi connectivity index (χ1) is 20.4. The van der Waals surface area contributed by atoms with Crippen LogP contribution in [0.15, 0.2) is 97.5 Å². The second-order valence-corrected chi connectivity index (χ2v) is 10.1. The van der Waals surface area contributed by atoms with Gasteiger partial charge in [-0.3, -0.25) is 19.6 Å². The van der Waals surface area contributed by atoms with Crippen molar-refractivity contribution in [3.63, 3.8) is 0 Å². The molecule has 1 heterocycles. The Balaban J connectivity index is 1.39. The van der Waals surface area contributed by atoms with Gasteiger partial charge < -0.3 is 25.8 Å². The highest BCUT2D eigenvalue weighted by molar-refractivity contribution is 6.00. The number of nitrogens with one attached hydrogen (secondary N) is 3. The predicted molar refractivity (Wildman–Crippen MR) is 161 cm³/mol. The molecular formula is C33H37N5O4. The van der Waals surface area contributed by atoms with E-state index >= 15 is 0 Å². The van der Waals surface area contributed by atoms with Crippen LogP contribution in [0.2, 0.25) is 0 Å². The number of aliphatic hydroxyl groups is 1. The first-order valence-electron chi connectivity index (χ1n) is 13.9. The minimum Gasteiger partial charge on any atom is -0.497 e. The molecule has 9 nitrogen and oxygen atoms in total. The Kier molecular flexibility index (Phi) is 10.7. The molecule has 42 heavy (non-hydrogen) atoms. The number of ether oxygens (including phenoxy) is 1. The molecule has 0 spiro atoms. The Bertz CT molecular complexity index is 1430. The minimum atomic E-state index is -1.10. The maximum Gasteiger partial charge on any atom is 0.252 e. The van der Waals surface area contributed by atoms with Crippen molar-refractivity contribution in [2.45, 2.75) is 31.4 Å². The number of hydrogen-bond acceptors (Lipinski definition) is 7. The quantitative estimate of drug-likeness (QED) is 0.172. The van der Waals surface area contributed by atoms with Gasteiger partial charge in [-0.05, 0) is 61.3 Å². The lowest BCUT2D eigenvalue weighted by Gasteiger charge is -2.36. The topological polar surface area (TPSA) is 125 Å². The normalized spacial score (nSPS) is 13.0. The van der Waals surface area contributed by atoms with Crippen LogP contribution in [-0.4, -0.2) is 59.7 Å². The van der Waals surface area contributed by atoms with E-state index in [4.69, 9.17) is 4.74 Å². The molecule has 4 aromatic rings. The lowest BCUT2D eigenvalue weighted by Crippen LogP contribution is -2.55. The van der Waals surface area contributed by atoms with Gasteiger partial charge in [0, 0.05) is 49.2 Å². The van der Waals surface area contributed by atoms with Gasteiger partial charge in [-0.25, -0.2) is 0 Å². The monoisotopic (exact) mass is 567 g/mol. The zero-order valence-corrected chi connectivity index (χ0v) is 23.9. The minimum absolute atomic E-state index is 0.260. The maximum absolute atomic E-state index is 13.5. The number of methoxy groups -OCH3 is 1. The molecular weight excluding hydrogens is 530 g/mol. The van der Waals surface area contributed by atoms with Gasteiger partial charge in [0.05, 0.1) is 24.4 Å². The molecule has 4 rings (SSSR count). The van der Waals surface area contributed by atoms with Crippen LogP contribution >= 0.6 is 0 Å². The van der Waals surface area contributed by atoms with Crippen LogP contribution in [-0.2, 0) is 18.4 Å². The van der Waals surface area contributed by atoms with Crippen molar-refractivity contribution in [2.24, 2.45) is 0 Å². The number of rotatable bonds is 14. The number of benzene rings is 3. The third kappa shape index (κ3) is 8.22. The van der Waals surface area contributed by atoms with E-state index in [2.05, 4.69) is 25.9 Å². The van der Waals surface area contributed by atoms with Crippen molar-refractivity contribution in [1.29, 1.82) is 0 Å². The van der Waals surface area contributed by atoms with Crippen molar-refractivity contribution < 1.29 is 19.4 Å². The molecule has 0 unspecified atom stereocenters. The van der Waals surface area contributed by atoms with E-state index in [0.717, 1.165) is 29.0 Å². The van der Waals surface area contributed by atoms with Crippen molar-refractivity contribution in [2.75, 3.05) is 26.7 Å². The van der Waals surface area contributed by atoms with Crippen LogP contribution < -0.4 is 20.7 Å². The van der Waals surface area contributed by atoms with E-state index in [1.165, 1.54) is 0 Å². The number of aromatic nitrogens is 2. The van der Waals surface area contributed by atoms with E-state index in [9.17, 15) is 14.7 Å². The number of hydrogen-bond donors (Lipinski definition) is 4.